The average Bonchev–Trinajstić information content (AvgIpc) is 2.91. The molecule has 2 aromatic rings. The van der Waals surface area contributed by atoms with Crippen LogP contribution < -0.4 is 10.6 Å². The molecule has 0 fully saturated rings. The van der Waals surface area contributed by atoms with Gasteiger partial charge in [0.1, 0.15) is 0 Å². The zero-order chi connectivity index (χ0) is 15.1. The van der Waals surface area contributed by atoms with Crippen molar-refractivity contribution in [2.75, 3.05) is 18.4 Å². The van der Waals surface area contributed by atoms with Crippen LogP contribution in [0.15, 0.2) is 29.6 Å². The molecule has 7 heteroatoms. The van der Waals surface area contributed by atoms with Gasteiger partial charge in [-0.2, -0.15) is 0 Å². The lowest BCUT2D eigenvalue weighted by Gasteiger charge is -2.02. The van der Waals surface area contributed by atoms with E-state index in [1.807, 2.05) is 5.38 Å². The van der Waals surface area contributed by atoms with Crippen LogP contribution in [0.1, 0.15) is 19.0 Å². The van der Waals surface area contributed by atoms with Gasteiger partial charge in [-0.25, -0.2) is 4.98 Å². The van der Waals surface area contributed by atoms with Crippen molar-refractivity contribution in [3.8, 4) is 0 Å². The fourth-order valence-corrected chi connectivity index (χ4v) is 2.58. The number of benzene rings is 1. The summed E-state index contributed by atoms with van der Waals surface area (Å²) >= 11 is 1.50. The van der Waals surface area contributed by atoms with Gasteiger partial charge in [0.05, 0.1) is 10.6 Å². The molecular weight excluding hydrogens is 288 g/mol. The van der Waals surface area contributed by atoms with Gasteiger partial charge < -0.3 is 10.6 Å². The predicted octanol–water partition coefficient (Wildman–Crippen LogP) is 3.34. The van der Waals surface area contributed by atoms with Gasteiger partial charge in [-0.3, -0.25) is 10.1 Å². The number of anilines is 2. The number of aromatic nitrogens is 1. The van der Waals surface area contributed by atoms with Crippen LogP contribution >= 0.6 is 11.3 Å². The SMILES string of the molecule is CCCNCCc1csc(Nc2cccc([N+](=O)[O-])c2)n1. The van der Waals surface area contributed by atoms with Crippen molar-refractivity contribution in [1.29, 1.82) is 0 Å². The van der Waals surface area contributed by atoms with Crippen LogP contribution in [0.3, 0.4) is 0 Å². The molecule has 0 saturated heterocycles. The van der Waals surface area contributed by atoms with E-state index in [-0.39, 0.29) is 5.69 Å². The minimum Gasteiger partial charge on any atom is -0.331 e. The Labute approximate surface area is 127 Å². The first-order chi connectivity index (χ1) is 10.2. The van der Waals surface area contributed by atoms with Crippen LogP contribution in [0.2, 0.25) is 0 Å². The number of nitro benzene ring substituents is 1. The monoisotopic (exact) mass is 306 g/mol. The topological polar surface area (TPSA) is 80.1 Å². The Morgan fingerprint density at radius 2 is 2.24 bits per heavy atom. The first-order valence-electron chi connectivity index (χ1n) is 6.85. The molecule has 2 rings (SSSR count). The highest BCUT2D eigenvalue weighted by atomic mass is 32.1. The standard InChI is InChI=1S/C14H18N4O2S/c1-2-7-15-8-6-12-10-21-14(17-12)16-11-4-3-5-13(9-11)18(19)20/h3-5,9-10,15H,2,6-8H2,1H3,(H,16,17). The number of hydrogen-bond acceptors (Lipinski definition) is 6. The van der Waals surface area contributed by atoms with Crippen LogP contribution in [-0.2, 0) is 6.42 Å². The highest BCUT2D eigenvalue weighted by Gasteiger charge is 2.07. The molecule has 2 N–H and O–H groups in total. The van der Waals surface area contributed by atoms with Crippen LogP contribution in [0, 0.1) is 10.1 Å². The van der Waals surface area contributed by atoms with Gasteiger partial charge in [-0.1, -0.05) is 13.0 Å². The lowest BCUT2D eigenvalue weighted by Crippen LogP contribution is -2.17. The third-order valence-electron chi connectivity index (χ3n) is 2.84. The van der Waals surface area contributed by atoms with Gasteiger partial charge in [0.2, 0.25) is 0 Å². The molecule has 112 valence electrons. The maximum absolute atomic E-state index is 10.7. The fourth-order valence-electron chi connectivity index (χ4n) is 1.82. The summed E-state index contributed by atoms with van der Waals surface area (Å²) in [5, 5.41) is 19.9. The maximum atomic E-state index is 10.7. The second kappa shape index (κ2) is 7.70. The van der Waals surface area contributed by atoms with Gasteiger partial charge in [0.25, 0.3) is 5.69 Å². The number of rotatable bonds is 8. The Balaban J connectivity index is 1.93. The smallest absolute Gasteiger partial charge is 0.271 e. The average molecular weight is 306 g/mol. The molecule has 0 saturated carbocycles. The number of nitrogens with one attached hydrogen (secondary N) is 2. The number of thiazole rings is 1. The van der Waals surface area contributed by atoms with E-state index in [2.05, 4.69) is 22.5 Å². The summed E-state index contributed by atoms with van der Waals surface area (Å²) in [6, 6.07) is 6.42. The molecule has 0 spiro atoms. The molecule has 0 aliphatic rings. The Bertz CT molecular complexity index is 600. The number of nitro groups is 1. The third-order valence-corrected chi connectivity index (χ3v) is 3.65. The van der Waals surface area contributed by atoms with E-state index in [0.29, 0.717) is 5.69 Å². The molecule has 0 amide bonds. The van der Waals surface area contributed by atoms with Crippen molar-refractivity contribution in [3.63, 3.8) is 0 Å². The molecule has 0 aliphatic carbocycles. The summed E-state index contributed by atoms with van der Waals surface area (Å²) in [6.07, 6.45) is 2.00. The van der Waals surface area contributed by atoms with Gasteiger partial charge in [-0.05, 0) is 19.0 Å². The molecule has 0 unspecified atom stereocenters. The summed E-state index contributed by atoms with van der Waals surface area (Å²) in [4.78, 5) is 14.8. The Kier molecular flexibility index (Phi) is 5.65. The van der Waals surface area contributed by atoms with Crippen molar-refractivity contribution in [3.05, 3.63) is 45.5 Å². The Morgan fingerprint density at radius 3 is 3.00 bits per heavy atom. The zero-order valence-corrected chi connectivity index (χ0v) is 12.7. The molecular formula is C14H18N4O2S. The quantitative estimate of drug-likeness (QED) is 0.444. The van der Waals surface area contributed by atoms with Crippen molar-refractivity contribution in [1.82, 2.24) is 10.3 Å². The second-order valence-corrected chi connectivity index (χ2v) is 5.43. The highest BCUT2D eigenvalue weighted by molar-refractivity contribution is 7.13. The first kappa shape index (κ1) is 15.4. The summed E-state index contributed by atoms with van der Waals surface area (Å²) in [5.74, 6) is 0. The Hall–Kier alpha value is -1.99. The van der Waals surface area contributed by atoms with Crippen LogP contribution in [0.4, 0.5) is 16.5 Å². The second-order valence-electron chi connectivity index (χ2n) is 4.58. The number of hydrogen-bond donors (Lipinski definition) is 2. The summed E-state index contributed by atoms with van der Waals surface area (Å²) in [7, 11) is 0. The first-order valence-corrected chi connectivity index (χ1v) is 7.73. The van der Waals surface area contributed by atoms with Gasteiger partial charge >= 0.3 is 0 Å². The molecule has 0 atom stereocenters. The van der Waals surface area contributed by atoms with E-state index in [1.165, 1.54) is 23.5 Å². The van der Waals surface area contributed by atoms with Crippen molar-refractivity contribution in [2.45, 2.75) is 19.8 Å². The van der Waals surface area contributed by atoms with Gasteiger partial charge in [0.15, 0.2) is 5.13 Å². The lowest BCUT2D eigenvalue weighted by atomic mass is 10.3. The third kappa shape index (κ3) is 4.80. The largest absolute Gasteiger partial charge is 0.331 e. The van der Waals surface area contributed by atoms with E-state index in [4.69, 9.17) is 0 Å². The van der Waals surface area contributed by atoms with Crippen LogP contribution in [-0.4, -0.2) is 23.0 Å². The van der Waals surface area contributed by atoms with Crippen molar-refractivity contribution >= 4 is 27.8 Å². The van der Waals surface area contributed by atoms with Crippen LogP contribution in [0.5, 0.6) is 0 Å². The summed E-state index contributed by atoms with van der Waals surface area (Å²) < 4.78 is 0. The minimum atomic E-state index is -0.405. The van der Waals surface area contributed by atoms with E-state index in [0.717, 1.165) is 36.8 Å². The lowest BCUT2D eigenvalue weighted by molar-refractivity contribution is -0.384. The molecule has 0 aliphatic heterocycles. The molecule has 0 bridgehead atoms. The summed E-state index contributed by atoms with van der Waals surface area (Å²) in [5.41, 5.74) is 1.77. The fraction of sp³-hybridized carbons (Fsp3) is 0.357. The van der Waals surface area contributed by atoms with Gasteiger partial charge in [0, 0.05) is 36.2 Å². The van der Waals surface area contributed by atoms with E-state index < -0.39 is 4.92 Å². The van der Waals surface area contributed by atoms with E-state index in [1.54, 1.807) is 12.1 Å². The normalized spacial score (nSPS) is 10.5. The summed E-state index contributed by atoms with van der Waals surface area (Å²) in [6.45, 7) is 4.06. The van der Waals surface area contributed by atoms with E-state index >= 15 is 0 Å². The molecule has 6 nitrogen and oxygen atoms in total. The molecule has 0 radical (unpaired) electrons. The van der Waals surface area contributed by atoms with Crippen molar-refractivity contribution < 1.29 is 4.92 Å². The Morgan fingerprint density at radius 1 is 1.38 bits per heavy atom. The predicted molar refractivity (Wildman–Crippen MR) is 85.4 cm³/mol. The molecule has 1 aromatic heterocycles. The minimum absolute atomic E-state index is 0.0699. The number of nitrogens with zero attached hydrogens (tertiary/aromatic N) is 2. The zero-order valence-electron chi connectivity index (χ0n) is 11.8. The molecule has 21 heavy (non-hydrogen) atoms. The molecule has 1 aromatic carbocycles. The number of non-ortho nitro benzene ring substituents is 1. The highest BCUT2D eigenvalue weighted by Crippen LogP contribution is 2.23. The van der Waals surface area contributed by atoms with Crippen LogP contribution in [0.25, 0.3) is 0 Å². The van der Waals surface area contributed by atoms with Gasteiger partial charge in [-0.15, -0.1) is 11.3 Å². The maximum Gasteiger partial charge on any atom is 0.271 e. The van der Waals surface area contributed by atoms with E-state index in [9.17, 15) is 10.1 Å². The van der Waals surface area contributed by atoms with Crippen molar-refractivity contribution in [2.24, 2.45) is 0 Å². The molecule has 1 heterocycles.